The molecule has 8 heteroatoms. The summed E-state index contributed by atoms with van der Waals surface area (Å²) in [4.78, 5) is 22.2. The molecule has 136 valence electrons. The van der Waals surface area contributed by atoms with Crippen LogP contribution in [0.1, 0.15) is 13.8 Å². The van der Waals surface area contributed by atoms with E-state index in [2.05, 4.69) is 5.32 Å². The average Bonchev–Trinajstić information content (AvgIpc) is 2.54. The number of amides is 1. The van der Waals surface area contributed by atoms with Crippen molar-refractivity contribution in [1.82, 2.24) is 5.32 Å². The minimum atomic E-state index is -0.0560. The van der Waals surface area contributed by atoms with E-state index in [-0.39, 0.29) is 23.5 Å². The lowest BCUT2D eigenvalue weighted by atomic mass is 10.1. The second-order valence-corrected chi connectivity index (χ2v) is 5.71. The number of Topliss-reactive ketones (excluding diaryl/α,β-unsaturated/α-hetero) is 1. The van der Waals surface area contributed by atoms with Crippen LogP contribution < -0.4 is 5.32 Å². The smallest absolute Gasteiger partial charge is 0.278 e. The normalized spacial score (nSPS) is 11.0. The van der Waals surface area contributed by atoms with Crippen molar-refractivity contribution in [3.05, 3.63) is 0 Å². The maximum absolute atomic E-state index is 11.3. The van der Waals surface area contributed by atoms with E-state index in [1.165, 1.54) is 0 Å². The van der Waals surface area contributed by atoms with Gasteiger partial charge < -0.3 is 24.3 Å². The molecule has 0 aliphatic carbocycles. The molecule has 1 amide bonds. The van der Waals surface area contributed by atoms with Gasteiger partial charge in [-0.25, -0.2) is 0 Å². The largest absolute Gasteiger partial charge is 0.377 e. The van der Waals surface area contributed by atoms with Crippen molar-refractivity contribution >= 4 is 22.8 Å². The lowest BCUT2D eigenvalue weighted by Gasteiger charge is -2.08. The predicted octanol–water partition coefficient (Wildman–Crippen LogP) is 1.35. The molecule has 0 aliphatic heterocycles. The molecule has 0 rings (SSSR count). The molecule has 0 radical (unpaired) electrons. The molecule has 0 saturated carbocycles. The third-order valence-electron chi connectivity index (χ3n) is 2.71. The predicted molar refractivity (Wildman–Crippen MR) is 90.0 cm³/mol. The zero-order valence-corrected chi connectivity index (χ0v) is 15.1. The third-order valence-corrected chi connectivity index (χ3v) is 3.22. The van der Waals surface area contributed by atoms with Gasteiger partial charge in [0.2, 0.25) is 0 Å². The number of nitrogens with one attached hydrogen (secondary N) is 1. The summed E-state index contributed by atoms with van der Waals surface area (Å²) in [6.07, 6.45) is 1.73. The van der Waals surface area contributed by atoms with Gasteiger partial charge in [0.25, 0.3) is 5.24 Å². The molecule has 0 aliphatic rings. The van der Waals surface area contributed by atoms with E-state index in [4.69, 9.17) is 18.9 Å². The monoisotopic (exact) mass is 351 g/mol. The van der Waals surface area contributed by atoms with Crippen molar-refractivity contribution in [3.63, 3.8) is 0 Å². The number of ether oxygens (including phenoxy) is 4. The zero-order valence-electron chi connectivity index (χ0n) is 14.3. The van der Waals surface area contributed by atoms with Gasteiger partial charge >= 0.3 is 0 Å². The Balaban J connectivity index is 3.11. The van der Waals surface area contributed by atoms with Crippen molar-refractivity contribution in [2.75, 3.05) is 65.7 Å². The van der Waals surface area contributed by atoms with E-state index >= 15 is 0 Å². The van der Waals surface area contributed by atoms with Crippen LogP contribution in [0, 0.1) is 5.92 Å². The molecule has 0 unspecified atom stereocenters. The van der Waals surface area contributed by atoms with Crippen molar-refractivity contribution in [3.8, 4) is 0 Å². The highest BCUT2D eigenvalue weighted by Crippen LogP contribution is 1.94. The van der Waals surface area contributed by atoms with Crippen LogP contribution in [0.3, 0.4) is 0 Å². The Morgan fingerprint density at radius 3 is 1.83 bits per heavy atom. The maximum atomic E-state index is 11.3. The summed E-state index contributed by atoms with van der Waals surface area (Å²) in [5.41, 5.74) is 0. The van der Waals surface area contributed by atoms with E-state index in [1.807, 2.05) is 13.8 Å². The quantitative estimate of drug-likeness (QED) is 0.446. The summed E-state index contributed by atoms with van der Waals surface area (Å²) >= 11 is 1.14. The second-order valence-electron chi connectivity index (χ2n) is 4.93. The Bertz CT molecular complexity index is 314. The molecular formula is C15H29NO6S. The average molecular weight is 351 g/mol. The van der Waals surface area contributed by atoms with E-state index in [0.29, 0.717) is 52.8 Å². The first-order valence-corrected chi connectivity index (χ1v) is 8.96. The first-order chi connectivity index (χ1) is 11.1. The topological polar surface area (TPSA) is 83.1 Å². The van der Waals surface area contributed by atoms with E-state index < -0.39 is 0 Å². The van der Waals surface area contributed by atoms with Crippen molar-refractivity contribution in [1.29, 1.82) is 0 Å². The molecule has 7 nitrogen and oxygen atoms in total. The number of thioether (sulfide) groups is 1. The molecule has 0 atom stereocenters. The summed E-state index contributed by atoms with van der Waals surface area (Å²) in [7, 11) is 0. The Morgan fingerprint density at radius 1 is 0.870 bits per heavy atom. The SMILES string of the molecule is CSC(=O)NCCOCCOCCOCCOCC(=O)C(C)C. The molecule has 0 saturated heterocycles. The first-order valence-electron chi connectivity index (χ1n) is 7.73. The highest BCUT2D eigenvalue weighted by atomic mass is 32.2. The highest BCUT2D eigenvalue weighted by molar-refractivity contribution is 8.12. The van der Waals surface area contributed by atoms with Crippen LogP contribution in [-0.4, -0.2) is 76.7 Å². The number of hydrogen-bond acceptors (Lipinski definition) is 7. The molecule has 0 aromatic carbocycles. The van der Waals surface area contributed by atoms with Crippen LogP contribution in [0.4, 0.5) is 4.79 Å². The summed E-state index contributed by atoms with van der Waals surface area (Å²) in [6, 6.07) is 0. The standard InChI is InChI=1S/C15H29NO6S/c1-13(2)14(17)12-22-11-10-21-9-8-20-7-6-19-5-4-16-15(18)23-3/h13H,4-12H2,1-3H3,(H,16,18). The van der Waals surface area contributed by atoms with Gasteiger partial charge in [0.05, 0.1) is 46.2 Å². The van der Waals surface area contributed by atoms with Gasteiger partial charge in [0, 0.05) is 12.5 Å². The highest BCUT2D eigenvalue weighted by Gasteiger charge is 2.06. The molecule has 0 fully saturated rings. The molecule has 0 bridgehead atoms. The van der Waals surface area contributed by atoms with Gasteiger partial charge in [0.15, 0.2) is 5.78 Å². The molecule has 0 aromatic heterocycles. The van der Waals surface area contributed by atoms with Gasteiger partial charge in [-0.3, -0.25) is 9.59 Å². The molecule has 0 aromatic rings. The van der Waals surface area contributed by atoms with Crippen LogP contribution in [0.2, 0.25) is 0 Å². The van der Waals surface area contributed by atoms with E-state index in [9.17, 15) is 9.59 Å². The molecule has 1 N–H and O–H groups in total. The van der Waals surface area contributed by atoms with Gasteiger partial charge in [-0.1, -0.05) is 25.6 Å². The van der Waals surface area contributed by atoms with Gasteiger partial charge in [-0.15, -0.1) is 0 Å². The van der Waals surface area contributed by atoms with Crippen molar-refractivity contribution in [2.45, 2.75) is 13.8 Å². The number of hydrogen-bond donors (Lipinski definition) is 1. The molecule has 23 heavy (non-hydrogen) atoms. The fourth-order valence-corrected chi connectivity index (χ4v) is 1.54. The lowest BCUT2D eigenvalue weighted by Crippen LogP contribution is -2.24. The fraction of sp³-hybridized carbons (Fsp3) is 0.867. The molecule has 0 spiro atoms. The Kier molecular flexibility index (Phi) is 15.7. The van der Waals surface area contributed by atoms with Crippen LogP contribution in [0.25, 0.3) is 0 Å². The fourth-order valence-electron chi connectivity index (χ4n) is 1.30. The van der Waals surface area contributed by atoms with Crippen LogP contribution in [0.5, 0.6) is 0 Å². The zero-order chi connectivity index (χ0) is 17.3. The van der Waals surface area contributed by atoms with Crippen LogP contribution in [-0.2, 0) is 23.7 Å². The second kappa shape index (κ2) is 16.2. The van der Waals surface area contributed by atoms with Gasteiger partial charge in [-0.2, -0.15) is 0 Å². The van der Waals surface area contributed by atoms with E-state index in [0.717, 1.165) is 11.8 Å². The van der Waals surface area contributed by atoms with Gasteiger partial charge in [-0.05, 0) is 6.26 Å². The van der Waals surface area contributed by atoms with Crippen molar-refractivity contribution < 1.29 is 28.5 Å². The van der Waals surface area contributed by atoms with Crippen LogP contribution in [0.15, 0.2) is 0 Å². The lowest BCUT2D eigenvalue weighted by molar-refractivity contribution is -0.127. The summed E-state index contributed by atoms with van der Waals surface area (Å²) in [5.74, 6) is 0.106. The first kappa shape index (κ1) is 22.3. The molecular weight excluding hydrogens is 322 g/mol. The summed E-state index contributed by atoms with van der Waals surface area (Å²) < 4.78 is 21.1. The van der Waals surface area contributed by atoms with Gasteiger partial charge in [0.1, 0.15) is 6.61 Å². The minimum Gasteiger partial charge on any atom is -0.377 e. The summed E-state index contributed by atoms with van der Waals surface area (Å²) in [6.45, 7) is 7.60. The van der Waals surface area contributed by atoms with Crippen LogP contribution >= 0.6 is 11.8 Å². The third kappa shape index (κ3) is 16.0. The number of carbonyl (C=O) groups is 2. The number of ketones is 1. The number of carbonyl (C=O) groups excluding carboxylic acids is 2. The Morgan fingerprint density at radius 2 is 1.35 bits per heavy atom. The maximum Gasteiger partial charge on any atom is 0.278 e. The van der Waals surface area contributed by atoms with E-state index in [1.54, 1.807) is 6.26 Å². The Hall–Kier alpha value is -0.670. The minimum absolute atomic E-state index is 0.00772. The Labute approximate surface area is 142 Å². The summed E-state index contributed by atoms with van der Waals surface area (Å²) in [5, 5.41) is 2.63. The molecule has 0 heterocycles. The number of rotatable bonds is 15. The van der Waals surface area contributed by atoms with Crippen molar-refractivity contribution in [2.24, 2.45) is 5.92 Å².